The van der Waals surface area contributed by atoms with Crippen LogP contribution in [0, 0.1) is 0 Å². The van der Waals surface area contributed by atoms with Gasteiger partial charge in [-0.3, -0.25) is 4.79 Å². The van der Waals surface area contributed by atoms with Crippen LogP contribution in [0.25, 0.3) is 0 Å². The summed E-state index contributed by atoms with van der Waals surface area (Å²) in [7, 11) is 0. The van der Waals surface area contributed by atoms with Crippen LogP contribution < -0.4 is 0 Å². The molecule has 1 unspecified atom stereocenters. The van der Waals surface area contributed by atoms with E-state index in [9.17, 15) is 9.59 Å². The zero-order valence-electron chi connectivity index (χ0n) is 8.25. The number of thioether (sulfide) groups is 1. The lowest BCUT2D eigenvalue weighted by Crippen LogP contribution is -2.09. The number of pyridine rings is 1. The monoisotopic (exact) mass is 239 g/mol. The maximum atomic E-state index is 11.2. The van der Waals surface area contributed by atoms with E-state index in [1.807, 2.05) is 0 Å². The quantitative estimate of drug-likeness (QED) is 0.798. The number of nitrogens with zero attached hydrogens (tertiary/aromatic N) is 1. The van der Waals surface area contributed by atoms with Gasteiger partial charge in [-0.15, -0.1) is 11.8 Å². The fourth-order valence-electron chi connectivity index (χ4n) is 1.35. The SMILES string of the molecule is O=C(O)c1cc(SC2CCOC2=O)ccn1. The molecule has 2 rings (SSSR count). The average Bonchev–Trinajstić information content (AvgIpc) is 2.65. The van der Waals surface area contributed by atoms with Crippen LogP contribution in [0.1, 0.15) is 16.9 Å². The van der Waals surface area contributed by atoms with Crippen molar-refractivity contribution in [3.63, 3.8) is 0 Å². The van der Waals surface area contributed by atoms with E-state index in [-0.39, 0.29) is 16.9 Å². The molecule has 1 aliphatic heterocycles. The zero-order chi connectivity index (χ0) is 11.5. The van der Waals surface area contributed by atoms with E-state index in [4.69, 9.17) is 9.84 Å². The minimum Gasteiger partial charge on any atom is -0.477 e. The van der Waals surface area contributed by atoms with Gasteiger partial charge < -0.3 is 9.84 Å². The van der Waals surface area contributed by atoms with Crippen LogP contribution in [-0.4, -0.2) is 33.9 Å². The molecule has 0 bridgehead atoms. The molecule has 1 atom stereocenters. The number of cyclic esters (lactones) is 1. The number of rotatable bonds is 3. The maximum absolute atomic E-state index is 11.2. The van der Waals surface area contributed by atoms with Crippen LogP contribution in [0.2, 0.25) is 0 Å². The third-order valence-electron chi connectivity index (χ3n) is 2.12. The van der Waals surface area contributed by atoms with Gasteiger partial charge in [0.1, 0.15) is 10.9 Å². The highest BCUT2D eigenvalue weighted by molar-refractivity contribution is 8.00. The third-order valence-corrected chi connectivity index (χ3v) is 3.35. The van der Waals surface area contributed by atoms with E-state index in [1.165, 1.54) is 24.0 Å². The smallest absolute Gasteiger partial charge is 0.354 e. The Balaban J connectivity index is 2.12. The van der Waals surface area contributed by atoms with Gasteiger partial charge in [-0.05, 0) is 12.1 Å². The first-order chi connectivity index (χ1) is 7.66. The van der Waals surface area contributed by atoms with Gasteiger partial charge >= 0.3 is 11.9 Å². The van der Waals surface area contributed by atoms with Crippen LogP contribution >= 0.6 is 11.8 Å². The molecule has 0 aliphatic carbocycles. The van der Waals surface area contributed by atoms with Gasteiger partial charge in [0, 0.05) is 17.5 Å². The summed E-state index contributed by atoms with van der Waals surface area (Å²) in [5.41, 5.74) is -0.0173. The number of carbonyl (C=O) groups excluding carboxylic acids is 1. The number of aromatic carboxylic acids is 1. The predicted octanol–water partition coefficient (Wildman–Crippen LogP) is 1.19. The van der Waals surface area contributed by atoms with Crippen molar-refractivity contribution in [1.82, 2.24) is 4.98 Å². The molecule has 84 valence electrons. The summed E-state index contributed by atoms with van der Waals surface area (Å²) in [5, 5.41) is 8.53. The molecule has 1 saturated heterocycles. The Morgan fingerprint density at radius 2 is 2.44 bits per heavy atom. The number of carboxylic acids is 1. The van der Waals surface area contributed by atoms with E-state index < -0.39 is 5.97 Å². The summed E-state index contributed by atoms with van der Waals surface area (Å²) in [5.74, 6) is -1.31. The number of hydrogen-bond acceptors (Lipinski definition) is 5. The van der Waals surface area contributed by atoms with E-state index >= 15 is 0 Å². The second kappa shape index (κ2) is 4.52. The normalized spacial score (nSPS) is 19.5. The Hall–Kier alpha value is -1.56. The first-order valence-corrected chi connectivity index (χ1v) is 5.57. The van der Waals surface area contributed by atoms with Crippen molar-refractivity contribution < 1.29 is 19.4 Å². The van der Waals surface area contributed by atoms with Crippen LogP contribution in [0.3, 0.4) is 0 Å². The summed E-state index contributed by atoms with van der Waals surface area (Å²) in [6.07, 6.45) is 2.08. The minimum atomic E-state index is -1.07. The van der Waals surface area contributed by atoms with E-state index in [0.29, 0.717) is 13.0 Å². The molecule has 0 saturated carbocycles. The lowest BCUT2D eigenvalue weighted by molar-refractivity contribution is -0.137. The topological polar surface area (TPSA) is 76.5 Å². The molecule has 2 heterocycles. The Kier molecular flexibility index (Phi) is 3.09. The standard InChI is InChI=1S/C10H9NO4S/c12-9(13)7-5-6(1-3-11-7)16-8-2-4-15-10(8)14/h1,3,5,8H,2,4H2,(H,12,13). The molecule has 6 heteroatoms. The Labute approximate surface area is 95.8 Å². The number of carbonyl (C=O) groups is 2. The van der Waals surface area contributed by atoms with Gasteiger partial charge in [0.15, 0.2) is 0 Å². The highest BCUT2D eigenvalue weighted by atomic mass is 32.2. The second-order valence-corrected chi connectivity index (χ2v) is 4.52. The maximum Gasteiger partial charge on any atom is 0.354 e. The average molecular weight is 239 g/mol. The summed E-state index contributed by atoms with van der Waals surface area (Å²) in [4.78, 5) is 26.3. The van der Waals surface area contributed by atoms with Crippen molar-refractivity contribution >= 4 is 23.7 Å². The number of ether oxygens (including phenoxy) is 1. The molecule has 5 nitrogen and oxygen atoms in total. The fourth-order valence-corrected chi connectivity index (χ4v) is 2.38. The van der Waals surface area contributed by atoms with E-state index in [0.717, 1.165) is 4.90 Å². The first-order valence-electron chi connectivity index (χ1n) is 4.69. The Morgan fingerprint density at radius 1 is 1.62 bits per heavy atom. The van der Waals surface area contributed by atoms with Crippen LogP contribution in [-0.2, 0) is 9.53 Å². The van der Waals surface area contributed by atoms with Crippen molar-refractivity contribution in [2.75, 3.05) is 6.61 Å². The first kappa shape index (κ1) is 10.9. The van der Waals surface area contributed by atoms with E-state index in [2.05, 4.69) is 4.98 Å². The van der Waals surface area contributed by atoms with Gasteiger partial charge in [-0.25, -0.2) is 9.78 Å². The molecule has 0 spiro atoms. The van der Waals surface area contributed by atoms with Crippen molar-refractivity contribution in [1.29, 1.82) is 0 Å². The molecule has 1 fully saturated rings. The number of aromatic nitrogens is 1. The number of esters is 1. The number of hydrogen-bond donors (Lipinski definition) is 1. The van der Waals surface area contributed by atoms with Crippen molar-refractivity contribution in [2.24, 2.45) is 0 Å². The number of carboxylic acid groups (broad SMARTS) is 1. The highest BCUT2D eigenvalue weighted by Gasteiger charge is 2.27. The van der Waals surface area contributed by atoms with Gasteiger partial charge in [-0.1, -0.05) is 0 Å². The lowest BCUT2D eigenvalue weighted by Gasteiger charge is -2.05. The summed E-state index contributed by atoms with van der Waals surface area (Å²) < 4.78 is 4.82. The fraction of sp³-hybridized carbons (Fsp3) is 0.300. The molecule has 16 heavy (non-hydrogen) atoms. The Morgan fingerprint density at radius 3 is 3.06 bits per heavy atom. The molecular weight excluding hydrogens is 230 g/mol. The van der Waals surface area contributed by atoms with Gasteiger partial charge in [0.2, 0.25) is 0 Å². The molecule has 0 amide bonds. The van der Waals surface area contributed by atoms with Crippen LogP contribution in [0.5, 0.6) is 0 Å². The van der Waals surface area contributed by atoms with Gasteiger partial charge in [0.25, 0.3) is 0 Å². The molecule has 1 N–H and O–H groups in total. The molecular formula is C10H9NO4S. The van der Waals surface area contributed by atoms with Crippen molar-refractivity contribution in [3.8, 4) is 0 Å². The van der Waals surface area contributed by atoms with Crippen LogP contribution in [0.4, 0.5) is 0 Å². The predicted molar refractivity (Wildman–Crippen MR) is 56.4 cm³/mol. The van der Waals surface area contributed by atoms with E-state index in [1.54, 1.807) is 6.07 Å². The van der Waals surface area contributed by atoms with Gasteiger partial charge in [-0.2, -0.15) is 0 Å². The third kappa shape index (κ3) is 2.33. The van der Waals surface area contributed by atoms with Crippen molar-refractivity contribution in [2.45, 2.75) is 16.6 Å². The molecule has 0 aromatic carbocycles. The summed E-state index contributed by atoms with van der Waals surface area (Å²) in [6, 6.07) is 3.14. The molecule has 1 aromatic rings. The molecule has 1 aromatic heterocycles. The van der Waals surface area contributed by atoms with Crippen molar-refractivity contribution in [3.05, 3.63) is 24.0 Å². The highest BCUT2D eigenvalue weighted by Crippen LogP contribution is 2.29. The Bertz CT molecular complexity index is 435. The second-order valence-electron chi connectivity index (χ2n) is 3.24. The minimum absolute atomic E-state index is 0.0173. The molecule has 1 aliphatic rings. The largest absolute Gasteiger partial charge is 0.477 e. The summed E-state index contributed by atoms with van der Waals surface area (Å²) in [6.45, 7) is 0.438. The van der Waals surface area contributed by atoms with Gasteiger partial charge in [0.05, 0.1) is 6.61 Å². The molecule has 0 radical (unpaired) electrons. The summed E-state index contributed by atoms with van der Waals surface area (Å²) >= 11 is 1.31. The zero-order valence-corrected chi connectivity index (χ0v) is 9.07. The van der Waals surface area contributed by atoms with Crippen LogP contribution in [0.15, 0.2) is 23.2 Å². The lowest BCUT2D eigenvalue weighted by atomic mass is 10.3.